The predicted octanol–water partition coefficient (Wildman–Crippen LogP) is 4.35. The van der Waals surface area contributed by atoms with E-state index >= 15 is 0 Å². The predicted molar refractivity (Wildman–Crippen MR) is 132 cm³/mol. The zero-order valence-electron chi connectivity index (χ0n) is 18.5. The van der Waals surface area contributed by atoms with Crippen LogP contribution in [-0.2, 0) is 10.3 Å². The number of aliphatic hydroxyl groups is 1. The van der Waals surface area contributed by atoms with Gasteiger partial charge in [-0.1, -0.05) is 30.3 Å². The van der Waals surface area contributed by atoms with Crippen LogP contribution in [-0.4, -0.2) is 52.5 Å². The molecule has 2 aromatic rings. The molecule has 0 radical (unpaired) electrons. The van der Waals surface area contributed by atoms with Crippen LogP contribution in [0.5, 0.6) is 0 Å². The smallest absolute Gasteiger partial charge is 0.410 e. The molecule has 0 saturated carbocycles. The van der Waals surface area contributed by atoms with Crippen LogP contribution >= 0.6 is 39.2 Å². The third kappa shape index (κ3) is 6.28. The number of aliphatic hydroxyl groups excluding tert-OH is 1. The Bertz CT molecular complexity index is 1010. The Morgan fingerprint density at radius 1 is 1.30 bits per heavy atom. The van der Waals surface area contributed by atoms with Crippen molar-refractivity contribution in [2.24, 2.45) is 5.92 Å². The molecule has 178 valence electrons. The summed E-state index contributed by atoms with van der Waals surface area (Å²) in [6.45, 7) is 5.40. The number of halogens is 1. The Morgan fingerprint density at radius 3 is 2.58 bits per heavy atom. The van der Waals surface area contributed by atoms with Gasteiger partial charge in [-0.05, 0) is 42.8 Å². The van der Waals surface area contributed by atoms with Gasteiger partial charge in [-0.25, -0.2) is 9.59 Å². The average Bonchev–Trinajstić information content (AvgIpc) is 3.36. The van der Waals surface area contributed by atoms with Crippen molar-refractivity contribution >= 4 is 56.5 Å². The summed E-state index contributed by atoms with van der Waals surface area (Å²) in [7, 11) is 0. The molecular formula is C22H26BrN3O5S2. The van der Waals surface area contributed by atoms with Gasteiger partial charge in [0.2, 0.25) is 5.12 Å². The number of carbonyl (C=O) groups is 3. The molecule has 2 atom stereocenters. The molecule has 3 rings (SSSR count). The highest BCUT2D eigenvalue weighted by Crippen LogP contribution is 2.41. The number of rotatable bonds is 4. The summed E-state index contributed by atoms with van der Waals surface area (Å²) in [5, 5.41) is 14.7. The Balaban J connectivity index is 1.80. The SMILES string of the molecule is CC(C)(C)OC(=O)N1CC(CO)C(NC(=O)NSC(=O)c2ccccc2)(c2cc(Br)cs2)C1. The highest BCUT2D eigenvalue weighted by Gasteiger charge is 2.51. The number of hydrogen-bond acceptors (Lipinski definition) is 7. The van der Waals surface area contributed by atoms with Crippen LogP contribution in [0.25, 0.3) is 0 Å². The summed E-state index contributed by atoms with van der Waals surface area (Å²) in [5.41, 5.74) is -1.27. The van der Waals surface area contributed by atoms with Crippen LogP contribution < -0.4 is 10.0 Å². The highest BCUT2D eigenvalue weighted by molar-refractivity contribution is 9.10. The number of thiophene rings is 1. The first-order valence-electron chi connectivity index (χ1n) is 10.2. The Labute approximate surface area is 209 Å². The second-order valence-corrected chi connectivity index (χ2v) is 11.3. The number of hydrogen-bond donors (Lipinski definition) is 3. The van der Waals surface area contributed by atoms with E-state index in [0.29, 0.717) is 17.5 Å². The summed E-state index contributed by atoms with van der Waals surface area (Å²) in [6.07, 6.45) is -0.519. The summed E-state index contributed by atoms with van der Waals surface area (Å²) in [6, 6.07) is 9.87. The zero-order chi connectivity index (χ0) is 24.2. The van der Waals surface area contributed by atoms with Gasteiger partial charge >= 0.3 is 12.1 Å². The lowest BCUT2D eigenvalue weighted by Crippen LogP contribution is -2.54. The lowest BCUT2D eigenvalue weighted by Gasteiger charge is -2.34. The zero-order valence-corrected chi connectivity index (χ0v) is 21.7. The number of amides is 3. The van der Waals surface area contributed by atoms with Crippen molar-refractivity contribution in [2.75, 3.05) is 19.7 Å². The van der Waals surface area contributed by atoms with Gasteiger partial charge in [-0.3, -0.25) is 9.52 Å². The molecule has 0 spiro atoms. The van der Waals surface area contributed by atoms with Crippen molar-refractivity contribution in [3.8, 4) is 0 Å². The highest BCUT2D eigenvalue weighted by atomic mass is 79.9. The van der Waals surface area contributed by atoms with Crippen molar-refractivity contribution in [3.63, 3.8) is 0 Å². The molecule has 1 aliphatic heterocycles. The molecule has 3 N–H and O–H groups in total. The lowest BCUT2D eigenvalue weighted by molar-refractivity contribution is 0.0277. The van der Waals surface area contributed by atoms with Crippen molar-refractivity contribution < 1.29 is 24.2 Å². The molecule has 33 heavy (non-hydrogen) atoms. The third-order valence-electron chi connectivity index (χ3n) is 5.04. The quantitative estimate of drug-likeness (QED) is 0.484. The van der Waals surface area contributed by atoms with E-state index in [1.165, 1.54) is 16.2 Å². The van der Waals surface area contributed by atoms with E-state index in [1.54, 1.807) is 51.1 Å². The van der Waals surface area contributed by atoms with E-state index in [2.05, 4.69) is 26.0 Å². The van der Waals surface area contributed by atoms with Crippen LogP contribution in [0.2, 0.25) is 0 Å². The molecule has 2 unspecified atom stereocenters. The van der Waals surface area contributed by atoms with Crippen LogP contribution in [0.3, 0.4) is 0 Å². The maximum absolute atomic E-state index is 12.9. The topological polar surface area (TPSA) is 108 Å². The molecule has 1 fully saturated rings. The molecule has 2 heterocycles. The van der Waals surface area contributed by atoms with E-state index in [1.807, 2.05) is 11.4 Å². The molecule has 11 heteroatoms. The second kappa shape index (κ2) is 10.5. The van der Waals surface area contributed by atoms with Gasteiger partial charge in [-0.15, -0.1) is 11.3 Å². The van der Waals surface area contributed by atoms with Crippen molar-refractivity contribution in [3.05, 3.63) is 56.7 Å². The number of nitrogens with zero attached hydrogens (tertiary/aromatic N) is 1. The van der Waals surface area contributed by atoms with Crippen LogP contribution in [0.1, 0.15) is 36.0 Å². The number of urea groups is 1. The maximum atomic E-state index is 12.9. The van der Waals surface area contributed by atoms with Crippen LogP contribution in [0, 0.1) is 5.92 Å². The fraction of sp³-hybridized carbons (Fsp3) is 0.409. The number of nitrogens with one attached hydrogen (secondary N) is 2. The first-order valence-corrected chi connectivity index (χ1v) is 12.7. The maximum Gasteiger partial charge on any atom is 0.410 e. The lowest BCUT2D eigenvalue weighted by atomic mass is 9.86. The molecule has 0 bridgehead atoms. The van der Waals surface area contributed by atoms with Gasteiger partial charge in [0.25, 0.3) is 0 Å². The number of benzene rings is 1. The summed E-state index contributed by atoms with van der Waals surface area (Å²) < 4.78 is 8.86. The third-order valence-corrected chi connectivity index (χ3v) is 7.62. The molecular weight excluding hydrogens is 530 g/mol. The fourth-order valence-electron chi connectivity index (χ4n) is 3.58. The number of ether oxygens (including phenoxy) is 1. The normalized spacial score (nSPS) is 20.4. The first kappa shape index (κ1) is 25.5. The van der Waals surface area contributed by atoms with E-state index < -0.39 is 29.2 Å². The van der Waals surface area contributed by atoms with E-state index in [4.69, 9.17) is 4.74 Å². The Hall–Kier alpha value is -2.08. The first-order chi connectivity index (χ1) is 15.5. The van der Waals surface area contributed by atoms with Crippen molar-refractivity contribution in [1.29, 1.82) is 0 Å². The van der Waals surface area contributed by atoms with Gasteiger partial charge in [0.05, 0.1) is 13.2 Å². The number of likely N-dealkylation sites (tertiary alicyclic amines) is 1. The van der Waals surface area contributed by atoms with E-state index in [9.17, 15) is 19.5 Å². The summed E-state index contributed by atoms with van der Waals surface area (Å²) in [5.74, 6) is -0.476. The molecule has 1 aromatic carbocycles. The second-order valence-electron chi connectivity index (χ2n) is 8.65. The molecule has 8 nitrogen and oxygen atoms in total. The van der Waals surface area contributed by atoms with Gasteiger partial charge in [-0.2, -0.15) is 0 Å². The summed E-state index contributed by atoms with van der Waals surface area (Å²) >= 11 is 5.51. The molecule has 0 aliphatic carbocycles. The van der Waals surface area contributed by atoms with E-state index in [0.717, 1.165) is 9.35 Å². The minimum Gasteiger partial charge on any atom is -0.444 e. The van der Waals surface area contributed by atoms with Crippen LogP contribution in [0.15, 0.2) is 46.3 Å². The monoisotopic (exact) mass is 555 g/mol. The van der Waals surface area contributed by atoms with Gasteiger partial charge in [0.1, 0.15) is 11.1 Å². The van der Waals surface area contributed by atoms with Crippen molar-refractivity contribution in [2.45, 2.75) is 31.9 Å². The van der Waals surface area contributed by atoms with Gasteiger partial charge in [0, 0.05) is 44.7 Å². The minimum atomic E-state index is -1.05. The average molecular weight is 557 g/mol. The minimum absolute atomic E-state index is 0.116. The molecule has 1 aliphatic rings. The van der Waals surface area contributed by atoms with Gasteiger partial charge < -0.3 is 20.1 Å². The van der Waals surface area contributed by atoms with Crippen molar-refractivity contribution in [1.82, 2.24) is 14.9 Å². The fourth-order valence-corrected chi connectivity index (χ4v) is 5.73. The molecule has 1 saturated heterocycles. The van der Waals surface area contributed by atoms with Crippen LogP contribution in [0.4, 0.5) is 9.59 Å². The Morgan fingerprint density at radius 2 is 2.00 bits per heavy atom. The van der Waals surface area contributed by atoms with E-state index in [-0.39, 0.29) is 24.8 Å². The molecule has 1 aromatic heterocycles. The van der Waals surface area contributed by atoms with Gasteiger partial charge in [0.15, 0.2) is 0 Å². The largest absolute Gasteiger partial charge is 0.444 e. The summed E-state index contributed by atoms with van der Waals surface area (Å²) in [4.78, 5) is 40.2. The Kier molecular flexibility index (Phi) is 8.09. The number of carbonyl (C=O) groups excluding carboxylic acids is 3. The molecule has 3 amide bonds. The standard InChI is InChI=1S/C22H26BrN3O5S2/c1-21(2,3)31-20(30)26-10-15(11-27)22(13-26,17-9-16(23)12-32-17)24-19(29)25-33-18(28)14-7-5-4-6-8-14/h4-9,12,15,27H,10-11,13H2,1-3H3,(H2,24,25,29).